The summed E-state index contributed by atoms with van der Waals surface area (Å²) in [4.78, 5) is 19.2. The van der Waals surface area contributed by atoms with Crippen molar-refractivity contribution in [3.8, 4) is 0 Å². The van der Waals surface area contributed by atoms with Crippen LogP contribution in [0.15, 0.2) is 23.0 Å². The summed E-state index contributed by atoms with van der Waals surface area (Å²) in [5.41, 5.74) is 1.53. The van der Waals surface area contributed by atoms with E-state index >= 15 is 0 Å². The third-order valence-corrected chi connectivity index (χ3v) is 5.70. The van der Waals surface area contributed by atoms with Gasteiger partial charge < -0.3 is 4.98 Å². The van der Waals surface area contributed by atoms with Gasteiger partial charge >= 0.3 is 0 Å². The summed E-state index contributed by atoms with van der Waals surface area (Å²) >= 11 is 0. The van der Waals surface area contributed by atoms with E-state index in [0.29, 0.717) is 23.1 Å². The number of nitrogens with zero attached hydrogens (tertiary/aromatic N) is 1. The molecule has 1 heterocycles. The summed E-state index contributed by atoms with van der Waals surface area (Å²) in [6.45, 7) is 0. The van der Waals surface area contributed by atoms with Crippen molar-refractivity contribution in [2.24, 2.45) is 17.8 Å². The van der Waals surface area contributed by atoms with Gasteiger partial charge in [0.05, 0.1) is 11.0 Å². The van der Waals surface area contributed by atoms with E-state index in [2.05, 4.69) is 9.97 Å². The molecule has 1 aromatic heterocycles. The molecule has 0 radical (unpaired) electrons. The molecule has 2 aromatic rings. The first-order valence-electron chi connectivity index (χ1n) is 8.89. The zero-order valence-corrected chi connectivity index (χ0v) is 13.4. The quantitative estimate of drug-likeness (QED) is 0.812. The van der Waals surface area contributed by atoms with Crippen molar-refractivity contribution < 1.29 is 4.39 Å². The third kappa shape index (κ3) is 3.17. The van der Waals surface area contributed by atoms with Crippen molar-refractivity contribution in [1.29, 1.82) is 0 Å². The maximum atomic E-state index is 13.2. The second-order valence-corrected chi connectivity index (χ2v) is 7.27. The summed E-state index contributed by atoms with van der Waals surface area (Å²) in [5, 5.41) is 0. The van der Waals surface area contributed by atoms with Gasteiger partial charge in [0.2, 0.25) is 0 Å². The first-order valence-corrected chi connectivity index (χ1v) is 8.89. The molecule has 4 rings (SSSR count). The van der Waals surface area contributed by atoms with Crippen LogP contribution in [0.4, 0.5) is 4.39 Å². The van der Waals surface area contributed by atoms with Crippen LogP contribution in [0, 0.1) is 23.6 Å². The van der Waals surface area contributed by atoms with E-state index in [1.807, 2.05) is 0 Å². The zero-order valence-electron chi connectivity index (χ0n) is 13.4. The molecule has 0 spiro atoms. The number of hydrogen-bond donors (Lipinski definition) is 1. The lowest BCUT2D eigenvalue weighted by atomic mass is 9.96. The van der Waals surface area contributed by atoms with Crippen LogP contribution >= 0.6 is 0 Å². The van der Waals surface area contributed by atoms with E-state index < -0.39 is 0 Å². The maximum absolute atomic E-state index is 13.2. The molecule has 2 unspecified atom stereocenters. The SMILES string of the molecule is O=c1[nH]c2cc(F)ccc2nc1CCCCC[C@H]1CCC2CC21. The van der Waals surface area contributed by atoms with Crippen LogP contribution < -0.4 is 5.56 Å². The van der Waals surface area contributed by atoms with Gasteiger partial charge in [-0.15, -0.1) is 0 Å². The van der Waals surface area contributed by atoms with Crippen LogP contribution in [0.2, 0.25) is 0 Å². The predicted octanol–water partition coefficient (Wildman–Crippen LogP) is 4.21. The molecule has 0 aliphatic heterocycles. The number of aromatic amines is 1. The van der Waals surface area contributed by atoms with Gasteiger partial charge in [-0.1, -0.05) is 19.3 Å². The van der Waals surface area contributed by atoms with Crippen molar-refractivity contribution in [1.82, 2.24) is 9.97 Å². The van der Waals surface area contributed by atoms with Crippen molar-refractivity contribution in [2.75, 3.05) is 0 Å². The molecule has 3 nitrogen and oxygen atoms in total. The Morgan fingerprint density at radius 1 is 1.22 bits per heavy atom. The molecule has 0 saturated heterocycles. The number of aromatic nitrogens is 2. The highest BCUT2D eigenvalue weighted by molar-refractivity contribution is 5.73. The topological polar surface area (TPSA) is 45.8 Å². The lowest BCUT2D eigenvalue weighted by Crippen LogP contribution is -2.15. The van der Waals surface area contributed by atoms with E-state index in [9.17, 15) is 9.18 Å². The molecule has 2 aliphatic carbocycles. The molecule has 0 amide bonds. The average Bonchev–Trinajstić information content (AvgIpc) is 3.21. The second-order valence-electron chi connectivity index (χ2n) is 7.27. The molecule has 2 saturated carbocycles. The Hall–Kier alpha value is -1.71. The van der Waals surface area contributed by atoms with Crippen LogP contribution in [0.5, 0.6) is 0 Å². The second kappa shape index (κ2) is 6.06. The number of aryl methyl sites for hydroxylation is 1. The largest absolute Gasteiger partial charge is 0.319 e. The van der Waals surface area contributed by atoms with E-state index in [0.717, 1.165) is 30.6 Å². The van der Waals surface area contributed by atoms with Gasteiger partial charge in [-0.25, -0.2) is 9.37 Å². The number of H-pyrrole nitrogens is 1. The molecule has 23 heavy (non-hydrogen) atoms. The van der Waals surface area contributed by atoms with E-state index in [4.69, 9.17) is 0 Å². The van der Waals surface area contributed by atoms with Gasteiger partial charge in [0.25, 0.3) is 5.56 Å². The maximum Gasteiger partial charge on any atom is 0.270 e. The van der Waals surface area contributed by atoms with Crippen molar-refractivity contribution in [3.63, 3.8) is 0 Å². The Bertz CT molecular complexity index is 770. The first kappa shape index (κ1) is 14.9. The fourth-order valence-electron chi connectivity index (χ4n) is 4.32. The molecule has 2 fully saturated rings. The van der Waals surface area contributed by atoms with Gasteiger partial charge in [0, 0.05) is 0 Å². The molecule has 1 N–H and O–H groups in total. The van der Waals surface area contributed by atoms with Crippen molar-refractivity contribution in [2.45, 2.75) is 51.4 Å². The minimum absolute atomic E-state index is 0.181. The van der Waals surface area contributed by atoms with Gasteiger partial charge in [-0.05, 0) is 68.1 Å². The fraction of sp³-hybridized carbons (Fsp3) is 0.579. The molecular formula is C19H23FN2O. The number of fused-ring (bicyclic) bond motifs is 2. The number of rotatable bonds is 6. The minimum Gasteiger partial charge on any atom is -0.319 e. The van der Waals surface area contributed by atoms with Gasteiger partial charge in [-0.3, -0.25) is 4.79 Å². The Morgan fingerprint density at radius 3 is 2.91 bits per heavy atom. The van der Waals surface area contributed by atoms with Gasteiger partial charge in [0.15, 0.2) is 0 Å². The highest BCUT2D eigenvalue weighted by Gasteiger charge is 2.47. The Kier molecular flexibility index (Phi) is 3.92. The molecule has 0 bridgehead atoms. The van der Waals surface area contributed by atoms with Crippen LogP contribution in [-0.4, -0.2) is 9.97 Å². The lowest BCUT2D eigenvalue weighted by Gasteiger charge is -2.10. The number of halogens is 1. The van der Waals surface area contributed by atoms with Crippen LogP contribution in [0.1, 0.15) is 50.6 Å². The van der Waals surface area contributed by atoms with Crippen LogP contribution in [-0.2, 0) is 6.42 Å². The van der Waals surface area contributed by atoms with Crippen molar-refractivity contribution in [3.05, 3.63) is 40.1 Å². The van der Waals surface area contributed by atoms with Crippen molar-refractivity contribution >= 4 is 11.0 Å². The Balaban J connectivity index is 1.30. The summed E-state index contributed by atoms with van der Waals surface area (Å²) in [7, 11) is 0. The van der Waals surface area contributed by atoms with E-state index in [1.54, 1.807) is 6.07 Å². The average molecular weight is 314 g/mol. The predicted molar refractivity (Wildman–Crippen MR) is 88.8 cm³/mol. The lowest BCUT2D eigenvalue weighted by molar-refractivity contribution is 0.420. The Morgan fingerprint density at radius 2 is 2.13 bits per heavy atom. The summed E-state index contributed by atoms with van der Waals surface area (Å²) < 4.78 is 13.2. The summed E-state index contributed by atoms with van der Waals surface area (Å²) in [6.07, 6.45) is 9.90. The molecule has 3 atom stereocenters. The number of hydrogen-bond acceptors (Lipinski definition) is 2. The smallest absolute Gasteiger partial charge is 0.270 e. The van der Waals surface area contributed by atoms with E-state index in [1.165, 1.54) is 44.2 Å². The van der Waals surface area contributed by atoms with Crippen LogP contribution in [0.3, 0.4) is 0 Å². The molecule has 1 aromatic carbocycles. The standard InChI is InChI=1S/C19H23FN2O/c20-14-8-9-16-18(11-14)22-19(23)17(21-16)5-3-1-2-4-12-6-7-13-10-15(12)13/h8-9,11-13,15H,1-7,10H2,(H,22,23)/t12-,13?,15?/m0/s1. The normalized spacial score (nSPS) is 25.7. The number of nitrogens with one attached hydrogen (secondary N) is 1. The summed E-state index contributed by atoms with van der Waals surface area (Å²) in [6, 6.07) is 4.32. The fourth-order valence-corrected chi connectivity index (χ4v) is 4.32. The Labute approximate surface area is 135 Å². The zero-order chi connectivity index (χ0) is 15.8. The number of unbranched alkanes of at least 4 members (excludes halogenated alkanes) is 2. The highest BCUT2D eigenvalue weighted by Crippen LogP contribution is 2.56. The van der Waals surface area contributed by atoms with Gasteiger partial charge in [-0.2, -0.15) is 0 Å². The highest BCUT2D eigenvalue weighted by atomic mass is 19.1. The minimum atomic E-state index is -0.354. The molecule has 4 heteroatoms. The first-order chi connectivity index (χ1) is 11.2. The molecular weight excluding hydrogens is 291 g/mol. The van der Waals surface area contributed by atoms with Crippen LogP contribution in [0.25, 0.3) is 11.0 Å². The van der Waals surface area contributed by atoms with Gasteiger partial charge in [0.1, 0.15) is 11.5 Å². The summed E-state index contributed by atoms with van der Waals surface area (Å²) in [5.74, 6) is 2.76. The molecule has 122 valence electrons. The number of benzene rings is 1. The third-order valence-electron chi connectivity index (χ3n) is 5.70. The van der Waals surface area contributed by atoms with E-state index in [-0.39, 0.29) is 11.4 Å². The molecule has 2 aliphatic rings. The monoisotopic (exact) mass is 314 g/mol.